The second-order valence-corrected chi connectivity index (χ2v) is 12.9. The fraction of sp³-hybridized carbons (Fsp3) is 0.484. The number of phenols is 1. The van der Waals surface area contributed by atoms with Crippen molar-refractivity contribution in [2.75, 3.05) is 33.3 Å². The first-order valence-electron chi connectivity index (χ1n) is 14.3. The van der Waals surface area contributed by atoms with Crippen LogP contribution in [0.15, 0.2) is 6.07 Å². The van der Waals surface area contributed by atoms with Gasteiger partial charge >= 0.3 is 11.9 Å². The minimum absolute atomic E-state index is 0.0240. The van der Waals surface area contributed by atoms with Gasteiger partial charge in [-0.25, -0.2) is 4.79 Å². The molecule has 0 radical (unpaired) electrons. The van der Waals surface area contributed by atoms with Gasteiger partial charge in [0.05, 0.1) is 36.3 Å². The Balaban J connectivity index is 1.57. The number of hydrogen-bond donors (Lipinski definition) is 1. The van der Waals surface area contributed by atoms with Crippen LogP contribution in [0.1, 0.15) is 57.6 Å². The number of phenolic OH excluding ortho intramolecular Hbond substituents is 1. The number of fused-ring (bicyclic) bond motifs is 9. The van der Waals surface area contributed by atoms with E-state index in [-0.39, 0.29) is 30.9 Å². The topological polar surface area (TPSA) is 148 Å². The van der Waals surface area contributed by atoms with Crippen LogP contribution in [0.4, 0.5) is 0 Å². The Hall–Kier alpha value is -3.99. The van der Waals surface area contributed by atoms with E-state index in [0.717, 1.165) is 11.1 Å². The normalized spacial score (nSPS) is 28.7. The van der Waals surface area contributed by atoms with E-state index in [1.54, 1.807) is 6.92 Å². The van der Waals surface area contributed by atoms with Gasteiger partial charge < -0.3 is 28.8 Å². The number of rotatable bonds is 2. The van der Waals surface area contributed by atoms with Crippen molar-refractivity contribution >= 4 is 29.5 Å². The molecule has 2 fully saturated rings. The van der Waals surface area contributed by atoms with Gasteiger partial charge in [-0.3, -0.25) is 19.4 Å². The summed E-state index contributed by atoms with van der Waals surface area (Å²) in [7, 11) is 3.45. The fourth-order valence-electron chi connectivity index (χ4n) is 7.90. The molecular formula is C31H31N3O9S. The second-order valence-electron chi connectivity index (χ2n) is 11.8. The van der Waals surface area contributed by atoms with Crippen LogP contribution >= 0.6 is 11.8 Å². The van der Waals surface area contributed by atoms with Gasteiger partial charge in [0.25, 0.3) is 0 Å². The number of likely N-dealkylation sites (N-methyl/N-ethyl adjacent to an activating group) is 1. The highest BCUT2D eigenvalue weighted by molar-refractivity contribution is 8.00. The number of aryl methyl sites for hydroxylation is 1. The molecule has 0 amide bonds. The monoisotopic (exact) mass is 621 g/mol. The number of methoxy groups -OCH3 is 1. The minimum Gasteiger partial charge on any atom is -0.504 e. The first-order valence-corrected chi connectivity index (χ1v) is 15.4. The van der Waals surface area contributed by atoms with Crippen LogP contribution in [0.2, 0.25) is 0 Å². The molecule has 0 saturated carbocycles. The van der Waals surface area contributed by atoms with E-state index in [2.05, 4.69) is 15.9 Å². The van der Waals surface area contributed by atoms with Crippen molar-refractivity contribution in [3.05, 3.63) is 39.4 Å². The number of piperazine rings is 1. The Kier molecular flexibility index (Phi) is 6.73. The van der Waals surface area contributed by atoms with E-state index in [4.69, 9.17) is 23.7 Å². The second kappa shape index (κ2) is 10.3. The van der Waals surface area contributed by atoms with E-state index < -0.39 is 47.1 Å². The van der Waals surface area contributed by atoms with E-state index in [1.807, 2.05) is 20.0 Å². The molecule has 5 heterocycles. The Morgan fingerprint density at radius 3 is 2.59 bits per heavy atom. The maximum absolute atomic E-state index is 12.9. The summed E-state index contributed by atoms with van der Waals surface area (Å²) in [6.45, 7) is 4.65. The smallest absolute Gasteiger partial charge is 0.375 e. The van der Waals surface area contributed by atoms with Gasteiger partial charge in [0.1, 0.15) is 18.4 Å². The van der Waals surface area contributed by atoms with Crippen LogP contribution in [0.5, 0.6) is 28.7 Å². The summed E-state index contributed by atoms with van der Waals surface area (Å²) in [4.78, 5) is 42.3. The molecule has 2 saturated heterocycles. The van der Waals surface area contributed by atoms with Crippen molar-refractivity contribution in [3.63, 3.8) is 0 Å². The molecule has 0 aliphatic carbocycles. The molecule has 0 aromatic heterocycles. The highest BCUT2D eigenvalue weighted by Crippen LogP contribution is 2.63. The predicted octanol–water partition coefficient (Wildman–Crippen LogP) is 2.80. The van der Waals surface area contributed by atoms with Crippen molar-refractivity contribution in [3.8, 4) is 34.8 Å². The molecular weight excluding hydrogens is 590 g/mol. The fourth-order valence-corrected chi connectivity index (χ4v) is 9.23. The number of nitriles is 1. The predicted molar refractivity (Wildman–Crippen MR) is 155 cm³/mol. The Labute approximate surface area is 257 Å². The number of Topliss-reactive ketones (excluding diaryl/α,β-unsaturated/α-hetero) is 1. The van der Waals surface area contributed by atoms with Crippen molar-refractivity contribution in [2.45, 2.75) is 62.7 Å². The highest BCUT2D eigenvalue weighted by atomic mass is 32.2. The highest BCUT2D eigenvalue weighted by Gasteiger charge is 2.60. The van der Waals surface area contributed by atoms with E-state index in [0.29, 0.717) is 51.7 Å². The summed E-state index contributed by atoms with van der Waals surface area (Å²) in [6, 6.07) is 1.81. The summed E-state index contributed by atoms with van der Waals surface area (Å²) in [5.41, 5.74) is 4.16. The molecule has 12 nitrogen and oxygen atoms in total. The Morgan fingerprint density at radius 2 is 1.89 bits per heavy atom. The SMILES string of the molecule is COc1c(C)cc2c(c1O)C1C3[C@@H]4SCC(=O)C(=O)OC[C@H](c5c6c(c(C)c(OC(C)=O)c54)OCO6)N3[C@@H](C#N)C(C2)N1C. The Bertz CT molecular complexity index is 1690. The third kappa shape index (κ3) is 3.87. The van der Waals surface area contributed by atoms with Crippen molar-refractivity contribution in [1.82, 2.24) is 9.80 Å². The lowest BCUT2D eigenvalue weighted by molar-refractivity contribution is -0.157. The van der Waals surface area contributed by atoms with Gasteiger partial charge in [0.15, 0.2) is 23.0 Å². The zero-order valence-electron chi connectivity index (χ0n) is 24.8. The summed E-state index contributed by atoms with van der Waals surface area (Å²) in [5, 5.41) is 21.9. The molecule has 2 aromatic carbocycles. The first kappa shape index (κ1) is 28.8. The van der Waals surface area contributed by atoms with Crippen molar-refractivity contribution < 1.29 is 43.2 Å². The third-order valence-electron chi connectivity index (χ3n) is 9.54. The molecule has 1 N–H and O–H groups in total. The van der Waals surface area contributed by atoms with Crippen LogP contribution in [-0.2, 0) is 25.5 Å². The van der Waals surface area contributed by atoms with Gasteiger partial charge in [-0.15, -0.1) is 11.8 Å². The number of carbonyl (C=O) groups is 3. The van der Waals surface area contributed by atoms with E-state index in [9.17, 15) is 24.8 Å². The standard InChI is InChI=1S/C31H31N3O9S/c1-12-6-15-7-16-17(8-32)34-18-9-40-31(38)19(36)10-44-30(24(34)23(33(16)4)20(15)25(37)26(12)39-5)22-21(18)29-28(41-11-42-29)13(2)27(22)43-14(3)35/h6,16-18,23-24,30,37H,7,9-11H2,1-5H3/t16?,17-,18+,23?,24?,30+/m0/s1. The average molecular weight is 622 g/mol. The van der Waals surface area contributed by atoms with Crippen LogP contribution < -0.4 is 18.9 Å². The molecule has 5 aliphatic rings. The van der Waals surface area contributed by atoms with Crippen molar-refractivity contribution in [1.29, 1.82) is 5.26 Å². The number of hydrogen-bond acceptors (Lipinski definition) is 13. The lowest BCUT2D eigenvalue weighted by Crippen LogP contribution is -2.69. The van der Waals surface area contributed by atoms with E-state index >= 15 is 0 Å². The molecule has 0 spiro atoms. The van der Waals surface area contributed by atoms with Gasteiger partial charge in [-0.2, -0.15) is 5.26 Å². The zero-order chi connectivity index (χ0) is 31.2. The first-order chi connectivity index (χ1) is 21.1. The van der Waals surface area contributed by atoms with Crippen molar-refractivity contribution in [2.24, 2.45) is 0 Å². The lowest BCUT2D eigenvalue weighted by Gasteiger charge is -2.61. The molecule has 5 aliphatic heterocycles. The van der Waals surface area contributed by atoms with Crippen LogP contribution in [-0.4, -0.2) is 84.1 Å². The third-order valence-corrected chi connectivity index (χ3v) is 10.8. The van der Waals surface area contributed by atoms with Crippen LogP contribution in [0.3, 0.4) is 0 Å². The van der Waals surface area contributed by atoms with E-state index in [1.165, 1.54) is 25.8 Å². The summed E-state index contributed by atoms with van der Waals surface area (Å²) in [6.07, 6.45) is 0.488. The minimum atomic E-state index is -0.949. The summed E-state index contributed by atoms with van der Waals surface area (Å²) < 4.78 is 29.0. The zero-order valence-corrected chi connectivity index (χ0v) is 25.6. The number of benzene rings is 2. The molecule has 6 atom stereocenters. The van der Waals surface area contributed by atoms with Gasteiger partial charge in [0, 0.05) is 41.3 Å². The molecule has 44 heavy (non-hydrogen) atoms. The van der Waals surface area contributed by atoms with Crippen LogP contribution in [0.25, 0.3) is 0 Å². The number of esters is 2. The van der Waals surface area contributed by atoms with Gasteiger partial charge in [0.2, 0.25) is 12.6 Å². The number of thioether (sulfide) groups is 1. The van der Waals surface area contributed by atoms with Crippen LogP contribution in [0, 0.1) is 25.2 Å². The lowest BCUT2D eigenvalue weighted by atomic mass is 9.71. The molecule has 13 heteroatoms. The average Bonchev–Trinajstić information content (AvgIpc) is 3.47. The molecule has 4 bridgehead atoms. The number of cyclic esters (lactones) is 1. The largest absolute Gasteiger partial charge is 0.504 e. The number of ketones is 1. The van der Waals surface area contributed by atoms with Gasteiger partial charge in [-0.1, -0.05) is 6.07 Å². The Morgan fingerprint density at radius 1 is 1.14 bits per heavy atom. The molecule has 7 rings (SSSR count). The summed E-state index contributed by atoms with van der Waals surface area (Å²) in [5.74, 6) is -0.855. The summed E-state index contributed by atoms with van der Waals surface area (Å²) >= 11 is 1.22. The number of nitrogens with zero attached hydrogens (tertiary/aromatic N) is 3. The molecule has 3 unspecified atom stereocenters. The maximum atomic E-state index is 12.9. The van der Waals surface area contributed by atoms with Gasteiger partial charge in [-0.05, 0) is 38.4 Å². The maximum Gasteiger partial charge on any atom is 0.375 e. The molecule has 2 aromatic rings. The number of ether oxygens (including phenoxy) is 5. The number of aromatic hydroxyl groups is 1. The number of carbonyl (C=O) groups excluding carboxylic acids is 3. The molecule has 230 valence electrons. The quantitative estimate of drug-likeness (QED) is 0.298.